The van der Waals surface area contributed by atoms with Gasteiger partial charge in [-0.3, -0.25) is 4.79 Å². The zero-order valence-corrected chi connectivity index (χ0v) is 15.2. The van der Waals surface area contributed by atoms with Gasteiger partial charge in [-0.2, -0.15) is 0 Å². The summed E-state index contributed by atoms with van der Waals surface area (Å²) in [7, 11) is 0. The molecule has 0 unspecified atom stereocenters. The topological polar surface area (TPSA) is 77.8 Å². The van der Waals surface area contributed by atoms with E-state index in [2.05, 4.69) is 19.1 Å². The Morgan fingerprint density at radius 2 is 2.12 bits per heavy atom. The zero-order valence-electron chi connectivity index (χ0n) is 15.2. The predicted octanol–water partition coefficient (Wildman–Crippen LogP) is 3.85. The number of allylic oxidation sites excluding steroid dienone is 3. The number of aliphatic carboxylic acids is 1. The van der Waals surface area contributed by atoms with E-state index in [4.69, 9.17) is 5.11 Å². The molecule has 4 nitrogen and oxygen atoms in total. The SMILES string of the molecule is CC/C=C/C[C@H](O)/C=C/[C@@H]1[C@H]2C/C(=C\CCCC(=O)O)C[C@H]2C[C@H]1O. The third-order valence-corrected chi connectivity index (χ3v) is 5.47. The first kappa shape index (κ1) is 19.9. The van der Waals surface area contributed by atoms with Crippen molar-refractivity contribution in [3.63, 3.8) is 0 Å². The fourth-order valence-corrected chi connectivity index (χ4v) is 4.24. The van der Waals surface area contributed by atoms with Crippen molar-refractivity contribution in [2.75, 3.05) is 0 Å². The van der Waals surface area contributed by atoms with Gasteiger partial charge in [0.1, 0.15) is 0 Å². The number of unbranched alkanes of at least 4 members (excludes halogenated alkanes) is 1. The van der Waals surface area contributed by atoms with E-state index >= 15 is 0 Å². The number of hydrogen-bond donors (Lipinski definition) is 3. The van der Waals surface area contributed by atoms with Crippen molar-refractivity contribution in [2.24, 2.45) is 17.8 Å². The van der Waals surface area contributed by atoms with E-state index in [9.17, 15) is 15.0 Å². The molecule has 0 radical (unpaired) electrons. The molecule has 0 aromatic carbocycles. The Kier molecular flexibility index (Phi) is 7.91. The summed E-state index contributed by atoms with van der Waals surface area (Å²) in [6.07, 6.45) is 15.5. The highest BCUT2D eigenvalue weighted by Gasteiger charge is 2.44. The Morgan fingerprint density at radius 1 is 1.32 bits per heavy atom. The lowest BCUT2D eigenvalue weighted by Crippen LogP contribution is -2.17. The molecule has 25 heavy (non-hydrogen) atoms. The van der Waals surface area contributed by atoms with Crippen LogP contribution < -0.4 is 0 Å². The summed E-state index contributed by atoms with van der Waals surface area (Å²) in [6, 6.07) is 0. The van der Waals surface area contributed by atoms with E-state index in [0.717, 1.165) is 32.1 Å². The lowest BCUT2D eigenvalue weighted by molar-refractivity contribution is -0.137. The van der Waals surface area contributed by atoms with Gasteiger partial charge in [-0.05, 0) is 56.8 Å². The lowest BCUT2D eigenvalue weighted by atomic mass is 9.90. The van der Waals surface area contributed by atoms with Crippen LogP contribution in [-0.4, -0.2) is 33.5 Å². The molecular formula is C21H32O4. The summed E-state index contributed by atoms with van der Waals surface area (Å²) in [6.45, 7) is 2.07. The quantitative estimate of drug-likeness (QED) is 0.437. The number of carboxylic acid groups (broad SMARTS) is 1. The zero-order chi connectivity index (χ0) is 18.2. The van der Waals surface area contributed by atoms with Gasteiger partial charge in [0.2, 0.25) is 0 Å². The second-order valence-electron chi connectivity index (χ2n) is 7.43. The third-order valence-electron chi connectivity index (χ3n) is 5.47. The van der Waals surface area contributed by atoms with Crippen LogP contribution in [0.1, 0.15) is 58.3 Å². The van der Waals surface area contributed by atoms with Crippen molar-refractivity contribution in [3.05, 3.63) is 36.0 Å². The van der Waals surface area contributed by atoms with E-state index in [1.807, 2.05) is 18.2 Å². The van der Waals surface area contributed by atoms with Gasteiger partial charge in [0.05, 0.1) is 12.2 Å². The van der Waals surface area contributed by atoms with Crippen LogP contribution in [-0.2, 0) is 4.79 Å². The van der Waals surface area contributed by atoms with Crippen molar-refractivity contribution in [2.45, 2.75) is 70.5 Å². The van der Waals surface area contributed by atoms with Crippen LogP contribution in [0.5, 0.6) is 0 Å². The van der Waals surface area contributed by atoms with Crippen molar-refractivity contribution in [3.8, 4) is 0 Å². The Balaban J connectivity index is 1.86. The maximum atomic E-state index is 10.6. The summed E-state index contributed by atoms with van der Waals surface area (Å²) < 4.78 is 0. The number of aliphatic hydroxyl groups excluding tert-OH is 2. The van der Waals surface area contributed by atoms with Crippen LogP contribution in [0.15, 0.2) is 36.0 Å². The first-order valence-electron chi connectivity index (χ1n) is 9.60. The van der Waals surface area contributed by atoms with Gasteiger partial charge in [-0.15, -0.1) is 0 Å². The van der Waals surface area contributed by atoms with Gasteiger partial charge in [0.25, 0.3) is 0 Å². The molecule has 4 heteroatoms. The second-order valence-corrected chi connectivity index (χ2v) is 7.43. The summed E-state index contributed by atoms with van der Waals surface area (Å²) in [5, 5.41) is 29.1. The fourth-order valence-electron chi connectivity index (χ4n) is 4.24. The van der Waals surface area contributed by atoms with Crippen LogP contribution in [0, 0.1) is 17.8 Å². The monoisotopic (exact) mass is 348 g/mol. The molecule has 0 aromatic rings. The molecular weight excluding hydrogens is 316 g/mol. The maximum Gasteiger partial charge on any atom is 0.303 e. The molecule has 2 fully saturated rings. The maximum absolute atomic E-state index is 10.6. The Bertz CT molecular complexity index is 520. The Hall–Kier alpha value is -1.39. The standard InChI is InChI=1S/C21H32O4/c1-2-3-4-8-17(22)10-11-18-19-13-15(7-5-6-9-21(24)25)12-16(19)14-20(18)23/h3-4,7,10-11,16-20,22-23H,2,5-6,8-9,12-14H2,1H3,(H,24,25)/b4-3+,11-10+,15-7-/t16-,17-,18+,19-,20+/m0/s1. The van der Waals surface area contributed by atoms with E-state index in [1.54, 1.807) is 0 Å². The van der Waals surface area contributed by atoms with Crippen molar-refractivity contribution >= 4 is 5.97 Å². The Morgan fingerprint density at radius 3 is 2.84 bits per heavy atom. The number of carboxylic acids is 1. The molecule has 2 aliphatic carbocycles. The predicted molar refractivity (Wildman–Crippen MR) is 99.1 cm³/mol. The van der Waals surface area contributed by atoms with Gasteiger partial charge in [0.15, 0.2) is 0 Å². The first-order valence-corrected chi connectivity index (χ1v) is 9.60. The minimum atomic E-state index is -0.734. The fraction of sp³-hybridized carbons (Fsp3) is 0.667. The normalized spacial score (nSPS) is 32.0. The van der Waals surface area contributed by atoms with Crippen LogP contribution in [0.3, 0.4) is 0 Å². The molecule has 0 aliphatic heterocycles. The lowest BCUT2D eigenvalue weighted by Gasteiger charge is -2.17. The molecule has 2 rings (SSSR count). The van der Waals surface area contributed by atoms with Gasteiger partial charge < -0.3 is 15.3 Å². The molecule has 0 spiro atoms. The Labute approximate surface area is 151 Å². The van der Waals surface area contributed by atoms with Crippen molar-refractivity contribution in [1.29, 1.82) is 0 Å². The average molecular weight is 348 g/mol. The molecule has 0 aromatic heterocycles. The molecule has 0 amide bonds. The third kappa shape index (κ3) is 6.12. The summed E-state index contributed by atoms with van der Waals surface area (Å²) in [5.74, 6) is 0.366. The molecule has 0 heterocycles. The summed E-state index contributed by atoms with van der Waals surface area (Å²) in [5.41, 5.74) is 1.41. The van der Waals surface area contributed by atoms with Gasteiger partial charge in [0, 0.05) is 12.3 Å². The first-order chi connectivity index (χ1) is 12.0. The van der Waals surface area contributed by atoms with Gasteiger partial charge >= 0.3 is 5.97 Å². The minimum Gasteiger partial charge on any atom is -0.481 e. The number of hydrogen-bond acceptors (Lipinski definition) is 3. The van der Waals surface area contributed by atoms with Crippen molar-refractivity contribution < 1.29 is 20.1 Å². The summed E-state index contributed by atoms with van der Waals surface area (Å²) in [4.78, 5) is 10.6. The highest BCUT2D eigenvalue weighted by atomic mass is 16.4. The van der Waals surface area contributed by atoms with Gasteiger partial charge in [-0.1, -0.05) is 42.9 Å². The van der Waals surface area contributed by atoms with Crippen molar-refractivity contribution in [1.82, 2.24) is 0 Å². The number of rotatable bonds is 9. The van der Waals surface area contributed by atoms with E-state index < -0.39 is 12.1 Å². The number of carbonyl (C=O) groups is 1. The van der Waals surface area contributed by atoms with Crippen LogP contribution in [0.2, 0.25) is 0 Å². The van der Waals surface area contributed by atoms with Crippen LogP contribution in [0.25, 0.3) is 0 Å². The average Bonchev–Trinajstić information content (AvgIpc) is 3.06. The van der Waals surface area contributed by atoms with E-state index in [1.165, 1.54) is 5.57 Å². The number of aliphatic hydroxyl groups is 2. The minimum absolute atomic E-state index is 0.125. The molecule has 0 saturated heterocycles. The second kappa shape index (κ2) is 9.93. The number of fused-ring (bicyclic) bond motifs is 1. The smallest absolute Gasteiger partial charge is 0.303 e. The molecule has 5 atom stereocenters. The molecule has 2 aliphatic rings. The molecule has 140 valence electrons. The van der Waals surface area contributed by atoms with Gasteiger partial charge in [-0.25, -0.2) is 0 Å². The molecule has 0 bridgehead atoms. The largest absolute Gasteiger partial charge is 0.481 e. The van der Waals surface area contributed by atoms with E-state index in [-0.39, 0.29) is 18.4 Å². The van der Waals surface area contributed by atoms with Crippen LogP contribution in [0.4, 0.5) is 0 Å². The van der Waals surface area contributed by atoms with Crippen LogP contribution >= 0.6 is 0 Å². The highest BCUT2D eigenvalue weighted by molar-refractivity contribution is 5.66. The van der Waals surface area contributed by atoms with E-state index in [0.29, 0.717) is 24.7 Å². The summed E-state index contributed by atoms with van der Waals surface area (Å²) >= 11 is 0. The molecule has 3 N–H and O–H groups in total. The molecule has 2 saturated carbocycles. The highest BCUT2D eigenvalue weighted by Crippen LogP contribution is 2.50.